The van der Waals surface area contributed by atoms with Gasteiger partial charge in [-0.15, -0.1) is 5.10 Å². The van der Waals surface area contributed by atoms with Crippen LogP contribution in [0.25, 0.3) is 39.3 Å². The van der Waals surface area contributed by atoms with Crippen LogP contribution < -0.4 is 20.7 Å². The number of carboxylic acids is 1. The second-order valence-corrected chi connectivity index (χ2v) is 15.2. The summed E-state index contributed by atoms with van der Waals surface area (Å²) in [5, 5.41) is 26.5. The van der Waals surface area contributed by atoms with E-state index in [-0.39, 0.29) is 35.3 Å². The molecule has 0 saturated carbocycles. The van der Waals surface area contributed by atoms with Gasteiger partial charge >= 0.3 is 5.97 Å². The summed E-state index contributed by atoms with van der Waals surface area (Å²) in [6, 6.07) is 31.9. The number of hydrogen-bond acceptors (Lipinski definition) is 11. The second kappa shape index (κ2) is 17.5. The number of carbonyl (C=O) groups is 6. The average Bonchev–Trinajstić information content (AvgIpc) is 4.00. The number of nitrogens with one attached hydrogen (secondary N) is 3. The first-order chi connectivity index (χ1) is 31.1. The van der Waals surface area contributed by atoms with E-state index in [2.05, 4.69) is 26.3 Å². The Balaban J connectivity index is 0.796. The van der Waals surface area contributed by atoms with Crippen molar-refractivity contribution >= 4 is 52.7 Å². The molecule has 0 spiro atoms. The lowest BCUT2D eigenvalue weighted by Crippen LogP contribution is -2.54. The monoisotopic (exact) mass is 857 g/mol. The van der Waals surface area contributed by atoms with Gasteiger partial charge in [0.25, 0.3) is 17.7 Å². The lowest BCUT2D eigenvalue weighted by atomic mass is 10.0. The first-order valence-electron chi connectivity index (χ1n) is 20.5. The van der Waals surface area contributed by atoms with Crippen LogP contribution in [0.1, 0.15) is 56.8 Å². The summed E-state index contributed by atoms with van der Waals surface area (Å²) < 4.78 is 9.38. The number of carbonyl (C=O) groups excluding carboxylic acids is 5. The molecule has 5 amide bonds. The van der Waals surface area contributed by atoms with Crippen molar-refractivity contribution in [2.24, 2.45) is 0 Å². The van der Waals surface area contributed by atoms with Gasteiger partial charge in [0.15, 0.2) is 6.61 Å². The SMILES string of the molecule is O=C(COc1cccc2c1C(=O)N(C1CCC(=O)NC1=O)C2=O)NCCCCn1cc(-c2ccc(-c3nc4cc(-c5ccccc5)ccn4c3Nc3ccc(C(=O)O)cc3)cc2)nn1. The van der Waals surface area contributed by atoms with Crippen LogP contribution in [-0.4, -0.2) is 89.1 Å². The van der Waals surface area contributed by atoms with Crippen LogP contribution in [0, 0.1) is 0 Å². The van der Waals surface area contributed by atoms with Crippen molar-refractivity contribution in [1.29, 1.82) is 0 Å². The molecule has 4 aromatic carbocycles. The van der Waals surface area contributed by atoms with E-state index in [4.69, 9.17) is 9.72 Å². The Morgan fingerprint density at radius 1 is 0.828 bits per heavy atom. The number of imide groups is 2. The van der Waals surface area contributed by atoms with Crippen molar-refractivity contribution in [1.82, 2.24) is 39.9 Å². The van der Waals surface area contributed by atoms with Crippen molar-refractivity contribution in [3.05, 3.63) is 138 Å². The summed E-state index contributed by atoms with van der Waals surface area (Å²) in [5.41, 5.74) is 6.85. The minimum absolute atomic E-state index is 0.00437. The van der Waals surface area contributed by atoms with Gasteiger partial charge in [-0.25, -0.2) is 9.78 Å². The van der Waals surface area contributed by atoms with Crippen molar-refractivity contribution in [3.63, 3.8) is 0 Å². The maximum Gasteiger partial charge on any atom is 0.335 e. The quantitative estimate of drug-likeness (QED) is 0.0716. The van der Waals surface area contributed by atoms with Gasteiger partial charge < -0.3 is 20.5 Å². The number of carboxylic acid groups (broad SMARTS) is 1. The number of nitrogens with zero attached hydrogens (tertiary/aromatic N) is 6. The van der Waals surface area contributed by atoms with E-state index in [1.807, 2.05) is 83.5 Å². The molecule has 2 aliphatic rings. The van der Waals surface area contributed by atoms with E-state index in [0.29, 0.717) is 48.8 Å². The van der Waals surface area contributed by atoms with Crippen LogP contribution in [0.3, 0.4) is 0 Å². The molecular weight excluding hydrogens is 819 g/mol. The van der Waals surface area contributed by atoms with Crippen LogP contribution >= 0.6 is 0 Å². The molecule has 1 unspecified atom stereocenters. The highest BCUT2D eigenvalue weighted by Crippen LogP contribution is 2.35. The Morgan fingerprint density at radius 2 is 1.61 bits per heavy atom. The Morgan fingerprint density at radius 3 is 2.38 bits per heavy atom. The number of hydrogen-bond donors (Lipinski definition) is 4. The molecule has 2 aliphatic heterocycles. The van der Waals surface area contributed by atoms with E-state index < -0.39 is 48.2 Å². The number of aromatic carboxylic acids is 1. The van der Waals surface area contributed by atoms with Crippen LogP contribution in [0.2, 0.25) is 0 Å². The molecule has 1 atom stereocenters. The molecule has 320 valence electrons. The molecule has 3 aromatic heterocycles. The van der Waals surface area contributed by atoms with Crippen LogP contribution in [0.4, 0.5) is 11.5 Å². The number of anilines is 2. The third-order valence-corrected chi connectivity index (χ3v) is 11.0. The maximum atomic E-state index is 13.3. The minimum Gasteiger partial charge on any atom is -0.483 e. The van der Waals surface area contributed by atoms with Gasteiger partial charge in [-0.1, -0.05) is 65.9 Å². The zero-order valence-electron chi connectivity index (χ0n) is 34.1. The second-order valence-electron chi connectivity index (χ2n) is 15.2. The molecule has 9 rings (SSSR count). The molecule has 0 bridgehead atoms. The van der Waals surface area contributed by atoms with Gasteiger partial charge in [-0.05, 0) is 78.9 Å². The van der Waals surface area contributed by atoms with E-state index in [9.17, 15) is 33.9 Å². The lowest BCUT2D eigenvalue weighted by Gasteiger charge is -2.27. The Labute approximate surface area is 364 Å². The summed E-state index contributed by atoms with van der Waals surface area (Å²) in [5.74, 6) is -3.20. The highest BCUT2D eigenvalue weighted by atomic mass is 16.5. The number of benzene rings is 4. The minimum atomic E-state index is -1.11. The summed E-state index contributed by atoms with van der Waals surface area (Å²) in [7, 11) is 0. The zero-order valence-corrected chi connectivity index (χ0v) is 34.1. The largest absolute Gasteiger partial charge is 0.483 e. The number of ether oxygens (including phenoxy) is 1. The number of amides is 5. The van der Waals surface area contributed by atoms with Crippen molar-refractivity contribution in [3.8, 4) is 39.4 Å². The van der Waals surface area contributed by atoms with Gasteiger partial charge in [-0.2, -0.15) is 0 Å². The Kier molecular flexibility index (Phi) is 11.2. The predicted molar refractivity (Wildman–Crippen MR) is 233 cm³/mol. The molecule has 4 N–H and O–H groups in total. The summed E-state index contributed by atoms with van der Waals surface area (Å²) in [6.45, 7) is 0.524. The van der Waals surface area contributed by atoms with Gasteiger partial charge in [0.05, 0.1) is 22.9 Å². The van der Waals surface area contributed by atoms with Crippen LogP contribution in [0.5, 0.6) is 5.75 Å². The molecule has 5 heterocycles. The van der Waals surface area contributed by atoms with Gasteiger partial charge in [-0.3, -0.25) is 43.3 Å². The number of pyridine rings is 1. The number of unbranched alkanes of at least 4 members (excludes halogenated alkanes) is 1. The number of aryl methyl sites for hydroxylation is 1. The zero-order chi connectivity index (χ0) is 44.3. The van der Waals surface area contributed by atoms with Gasteiger partial charge in [0.1, 0.15) is 34.6 Å². The van der Waals surface area contributed by atoms with Crippen molar-refractivity contribution < 1.29 is 38.6 Å². The first kappa shape index (κ1) is 40.9. The molecular formula is C47H39N9O8. The van der Waals surface area contributed by atoms with E-state index in [1.54, 1.807) is 28.9 Å². The molecule has 0 radical (unpaired) electrons. The molecule has 17 nitrogen and oxygen atoms in total. The lowest BCUT2D eigenvalue weighted by molar-refractivity contribution is -0.136. The third kappa shape index (κ3) is 8.28. The van der Waals surface area contributed by atoms with E-state index in [1.165, 1.54) is 18.2 Å². The topological polar surface area (TPSA) is 219 Å². The fraction of sp³-hybridized carbons (Fsp3) is 0.170. The van der Waals surface area contributed by atoms with Crippen LogP contribution in [-0.2, 0) is 20.9 Å². The first-order valence-corrected chi connectivity index (χ1v) is 20.5. The number of rotatable bonds is 15. The number of imidazole rings is 1. The Hall–Kier alpha value is -8.47. The molecule has 1 fully saturated rings. The third-order valence-electron chi connectivity index (χ3n) is 11.0. The van der Waals surface area contributed by atoms with Crippen LogP contribution in [0.15, 0.2) is 122 Å². The van der Waals surface area contributed by atoms with E-state index in [0.717, 1.165) is 32.8 Å². The normalized spacial score (nSPS) is 14.7. The van der Waals surface area contributed by atoms with Gasteiger partial charge in [0.2, 0.25) is 11.8 Å². The van der Waals surface area contributed by atoms with Crippen molar-refractivity contribution in [2.45, 2.75) is 38.3 Å². The molecule has 64 heavy (non-hydrogen) atoms. The summed E-state index contributed by atoms with van der Waals surface area (Å²) >= 11 is 0. The van der Waals surface area contributed by atoms with E-state index >= 15 is 0 Å². The van der Waals surface area contributed by atoms with Crippen molar-refractivity contribution in [2.75, 3.05) is 18.5 Å². The fourth-order valence-electron chi connectivity index (χ4n) is 7.77. The maximum absolute atomic E-state index is 13.3. The molecule has 17 heteroatoms. The smallest absolute Gasteiger partial charge is 0.335 e. The fourth-order valence-corrected chi connectivity index (χ4v) is 7.77. The average molecular weight is 858 g/mol. The highest BCUT2D eigenvalue weighted by Gasteiger charge is 2.46. The van der Waals surface area contributed by atoms with Gasteiger partial charge in [0, 0.05) is 42.5 Å². The Bertz CT molecular complexity index is 2960. The number of aromatic nitrogens is 5. The summed E-state index contributed by atoms with van der Waals surface area (Å²) in [6.07, 6.45) is 5.18. The summed E-state index contributed by atoms with van der Waals surface area (Å²) in [4.78, 5) is 80.4. The molecule has 7 aromatic rings. The number of fused-ring (bicyclic) bond motifs is 2. The predicted octanol–water partition coefficient (Wildman–Crippen LogP) is 5.75. The molecule has 1 saturated heterocycles. The standard InChI is InChI=1S/C47H39N9O8/c57-39-20-19-36(44(59)51-39)56-45(60)34-9-6-10-37(41(34)46(56)61)64-27-40(58)48-22-4-5-23-54-26-35(52-53-54)29-11-13-30(14-12-29)42-43(49-33-17-15-31(16-18-33)47(62)63)55-24-21-32(25-38(55)50-42)28-7-2-1-3-8-28/h1-3,6-18,21,24-26,36,49H,4-5,19-20,22-23,27H2,(H,48,58)(H,62,63)(H,51,57,59). The highest BCUT2D eigenvalue weighted by molar-refractivity contribution is 6.24. The molecule has 0 aliphatic carbocycles. The number of piperidine rings is 1.